The molecule has 1 aliphatic rings. The lowest BCUT2D eigenvalue weighted by Crippen LogP contribution is -2.42. The third-order valence-corrected chi connectivity index (χ3v) is 6.65. The van der Waals surface area contributed by atoms with Gasteiger partial charge in [0.25, 0.3) is 0 Å². The van der Waals surface area contributed by atoms with E-state index in [1.807, 2.05) is 0 Å². The van der Waals surface area contributed by atoms with Crippen molar-refractivity contribution in [2.45, 2.75) is 39.7 Å². The van der Waals surface area contributed by atoms with Gasteiger partial charge in [-0.1, -0.05) is 6.92 Å². The fourth-order valence-corrected chi connectivity index (χ4v) is 5.61. The molecule has 1 heterocycles. The van der Waals surface area contributed by atoms with Crippen LogP contribution in [-0.4, -0.2) is 48.6 Å². The minimum absolute atomic E-state index is 0.00973. The van der Waals surface area contributed by atoms with Crippen LogP contribution >= 0.6 is 7.51 Å². The Hall–Kier alpha value is 0.110. The maximum absolute atomic E-state index is 5.10. The van der Waals surface area contributed by atoms with Gasteiger partial charge in [0.1, 0.15) is 0 Å². The molecule has 0 aliphatic carbocycles. The van der Waals surface area contributed by atoms with E-state index in [2.05, 4.69) is 56.2 Å². The van der Waals surface area contributed by atoms with Crippen molar-refractivity contribution in [2.75, 3.05) is 33.7 Å². The van der Waals surface area contributed by atoms with E-state index in [0.717, 1.165) is 19.6 Å². The van der Waals surface area contributed by atoms with Crippen molar-refractivity contribution < 1.29 is 0 Å². The molecule has 1 aliphatic heterocycles. The van der Waals surface area contributed by atoms with E-state index < -0.39 is 7.51 Å². The van der Waals surface area contributed by atoms with E-state index >= 15 is 0 Å². The lowest BCUT2D eigenvalue weighted by molar-refractivity contribution is 0.361. The van der Waals surface area contributed by atoms with Crippen LogP contribution in [0.4, 0.5) is 0 Å². The highest BCUT2D eigenvalue weighted by Gasteiger charge is 2.34. The minimum atomic E-state index is -1.65. The molecular weight excluding hydrogens is 219 g/mol. The lowest BCUT2D eigenvalue weighted by atomic mass is 10.1. The van der Waals surface area contributed by atoms with Crippen LogP contribution < -0.4 is 5.09 Å². The fraction of sp³-hybridized carbons (Fsp3) is 1.00. The van der Waals surface area contributed by atoms with Crippen molar-refractivity contribution in [1.29, 1.82) is 0 Å². The Morgan fingerprint density at radius 3 is 2.06 bits per heavy atom. The highest BCUT2D eigenvalue weighted by molar-refractivity contribution is 7.59. The Labute approximate surface area is 101 Å². The molecule has 0 spiro atoms. The molecule has 0 unspecified atom stereocenters. The average Bonchev–Trinajstić information content (AvgIpc) is 2.12. The van der Waals surface area contributed by atoms with Gasteiger partial charge in [-0.15, -0.1) is 0 Å². The molecule has 0 aromatic heterocycles. The molecule has 1 saturated heterocycles. The summed E-state index contributed by atoms with van der Waals surface area (Å²) in [6.45, 7) is 12.0. The van der Waals surface area contributed by atoms with Crippen LogP contribution in [0.1, 0.15) is 34.1 Å². The topological polar surface area (TPSA) is 30.9 Å². The Kier molecular flexibility index (Phi) is 4.58. The Morgan fingerprint density at radius 1 is 1.19 bits per heavy atom. The number of hydrogen-bond donors (Lipinski definition) is 1. The van der Waals surface area contributed by atoms with E-state index in [-0.39, 0.29) is 5.54 Å². The first-order chi connectivity index (χ1) is 7.32. The summed E-state index contributed by atoms with van der Waals surface area (Å²) in [4.78, 5) is 0. The monoisotopic (exact) mass is 246 g/mol. The first-order valence-corrected chi connectivity index (χ1v) is 7.78. The van der Waals surface area contributed by atoms with Crippen LogP contribution in [0.25, 0.3) is 0 Å². The van der Waals surface area contributed by atoms with Crippen LogP contribution in [0.5, 0.6) is 0 Å². The van der Waals surface area contributed by atoms with Crippen LogP contribution in [0.3, 0.4) is 0 Å². The molecule has 4 nitrogen and oxygen atoms in total. The van der Waals surface area contributed by atoms with Crippen molar-refractivity contribution in [3.8, 4) is 0 Å². The smallest absolute Gasteiger partial charge is 0.165 e. The third-order valence-electron chi connectivity index (χ3n) is 2.73. The molecule has 5 heteroatoms. The quantitative estimate of drug-likeness (QED) is 0.760. The Morgan fingerprint density at radius 2 is 1.69 bits per heavy atom. The van der Waals surface area contributed by atoms with E-state index in [0.29, 0.717) is 0 Å². The molecule has 0 atom stereocenters. The van der Waals surface area contributed by atoms with E-state index in [1.54, 1.807) is 0 Å². The van der Waals surface area contributed by atoms with Crippen molar-refractivity contribution >= 4 is 7.51 Å². The predicted octanol–water partition coefficient (Wildman–Crippen LogP) is 2.61. The van der Waals surface area contributed by atoms with E-state index in [9.17, 15) is 0 Å². The molecular formula is C11H27N4P. The third kappa shape index (κ3) is 3.07. The largest absolute Gasteiger partial charge is 0.260 e. The molecule has 96 valence electrons. The van der Waals surface area contributed by atoms with Crippen molar-refractivity contribution in [3.63, 3.8) is 0 Å². The second-order valence-corrected chi connectivity index (χ2v) is 8.49. The summed E-state index contributed by atoms with van der Waals surface area (Å²) in [5.74, 6) is 0. The number of nitrogens with one attached hydrogen (secondary N) is 1. The van der Waals surface area contributed by atoms with Crippen molar-refractivity contribution in [2.24, 2.45) is 4.74 Å². The zero-order valence-corrected chi connectivity index (χ0v) is 12.5. The van der Waals surface area contributed by atoms with Crippen LogP contribution in [-0.2, 0) is 0 Å². The second-order valence-electron chi connectivity index (χ2n) is 5.47. The standard InChI is InChI=1S/C11H27N4P/c1-7-12-16(13-11(2,3)4)14(5)9-8-10-15(16)6/h12H,7-10H2,1-6H3. The SMILES string of the molecule is CCNP1(=NC(C)(C)C)N(C)CCCN1C. The first kappa shape index (κ1) is 14.2. The number of rotatable bonds is 2. The van der Waals surface area contributed by atoms with Gasteiger partial charge in [-0.3, -0.25) is 9.83 Å². The summed E-state index contributed by atoms with van der Waals surface area (Å²) < 4.78 is 9.95. The maximum atomic E-state index is 5.10. The van der Waals surface area contributed by atoms with Crippen molar-refractivity contribution in [1.82, 2.24) is 14.4 Å². The van der Waals surface area contributed by atoms with Crippen molar-refractivity contribution in [3.05, 3.63) is 0 Å². The maximum Gasteiger partial charge on any atom is 0.165 e. The number of nitrogens with zero attached hydrogens (tertiary/aromatic N) is 3. The van der Waals surface area contributed by atoms with Crippen LogP contribution in [0.15, 0.2) is 4.74 Å². The summed E-state index contributed by atoms with van der Waals surface area (Å²) in [6, 6.07) is 0. The van der Waals surface area contributed by atoms with Gasteiger partial charge in [0, 0.05) is 13.1 Å². The summed E-state index contributed by atoms with van der Waals surface area (Å²) in [5.41, 5.74) is 0.00973. The fourth-order valence-electron chi connectivity index (χ4n) is 2.13. The Bertz CT molecular complexity index is 268. The van der Waals surface area contributed by atoms with E-state index in [1.165, 1.54) is 6.42 Å². The van der Waals surface area contributed by atoms with Gasteiger partial charge in [0.2, 0.25) is 0 Å². The molecule has 0 saturated carbocycles. The summed E-state index contributed by atoms with van der Waals surface area (Å²) in [7, 11) is 2.74. The summed E-state index contributed by atoms with van der Waals surface area (Å²) in [5, 5.41) is 3.65. The molecule has 1 N–H and O–H groups in total. The van der Waals surface area contributed by atoms with Gasteiger partial charge in [-0.25, -0.2) is 9.34 Å². The van der Waals surface area contributed by atoms with Gasteiger partial charge in [0.05, 0.1) is 5.54 Å². The van der Waals surface area contributed by atoms with Gasteiger partial charge in [-0.05, 0) is 47.8 Å². The molecule has 0 amide bonds. The first-order valence-electron chi connectivity index (χ1n) is 6.13. The van der Waals surface area contributed by atoms with Crippen LogP contribution in [0, 0.1) is 0 Å². The molecule has 0 aromatic carbocycles. The van der Waals surface area contributed by atoms with E-state index in [4.69, 9.17) is 4.74 Å². The molecule has 0 aromatic rings. The summed E-state index contributed by atoms with van der Waals surface area (Å²) in [6.07, 6.45) is 1.24. The highest BCUT2D eigenvalue weighted by Crippen LogP contribution is 2.54. The lowest BCUT2D eigenvalue weighted by Gasteiger charge is -2.45. The summed E-state index contributed by atoms with van der Waals surface area (Å²) >= 11 is 0. The van der Waals surface area contributed by atoms with Gasteiger partial charge in [0.15, 0.2) is 7.51 Å². The minimum Gasteiger partial charge on any atom is -0.260 e. The highest BCUT2D eigenvalue weighted by atomic mass is 31.2. The molecule has 0 bridgehead atoms. The number of hydrogen-bond acceptors (Lipinski definition) is 1. The molecule has 0 radical (unpaired) electrons. The Balaban J connectivity index is 3.15. The van der Waals surface area contributed by atoms with Gasteiger partial charge in [-0.2, -0.15) is 0 Å². The van der Waals surface area contributed by atoms with Gasteiger partial charge < -0.3 is 0 Å². The average molecular weight is 246 g/mol. The normalized spacial score (nSPS) is 23.4. The molecule has 1 rings (SSSR count). The predicted molar refractivity (Wildman–Crippen MR) is 72.7 cm³/mol. The van der Waals surface area contributed by atoms with Crippen LogP contribution in [0.2, 0.25) is 0 Å². The van der Waals surface area contributed by atoms with Gasteiger partial charge >= 0.3 is 0 Å². The molecule has 1 fully saturated rings. The second kappa shape index (κ2) is 5.18. The zero-order chi connectivity index (χ0) is 12.4. The zero-order valence-electron chi connectivity index (χ0n) is 11.6. The molecule has 16 heavy (non-hydrogen) atoms.